The Balaban J connectivity index is -0.0000000450. The average molecular weight is 138 g/mol. The first-order valence-electron chi connectivity index (χ1n) is 0.983. The smallest absolute Gasteiger partial charge is 0 e. The van der Waals surface area contributed by atoms with Crippen molar-refractivity contribution >= 4 is 0 Å². The van der Waals surface area contributed by atoms with E-state index in [0.717, 1.165) is 0 Å². The average Bonchev–Trinajstić information content (AvgIpc) is 1.37. The van der Waals surface area contributed by atoms with E-state index in [1.807, 2.05) is 0 Å². The molecule has 3 nitrogen and oxygen atoms in total. The van der Waals surface area contributed by atoms with Gasteiger partial charge in [-0.15, -0.1) is 0 Å². The molecule has 0 amide bonds. The first kappa shape index (κ1) is 16.2. The van der Waals surface area contributed by atoms with Crippen molar-refractivity contribution in [1.29, 1.82) is 0 Å². The maximum Gasteiger partial charge on any atom is 0 e. The summed E-state index contributed by atoms with van der Waals surface area (Å²) in [5, 5.41) is 15.1. The quantitative estimate of drug-likeness (QED) is 0.441. The van der Waals surface area contributed by atoms with Gasteiger partial charge in [-0.05, 0) is 0 Å². The van der Waals surface area contributed by atoms with Crippen LogP contribution in [0, 0.1) is 6.61 Å². The Morgan fingerprint density at radius 3 is 1.67 bits per heavy atom. The fourth-order valence-corrected chi connectivity index (χ4v) is 0. The van der Waals surface area contributed by atoms with Crippen molar-refractivity contribution < 1.29 is 32.5 Å². The summed E-state index contributed by atoms with van der Waals surface area (Å²) in [6.45, 7) is 0.431. The zero-order valence-electron chi connectivity index (χ0n) is 3.01. The maximum absolute atomic E-state index is 7.57. The van der Waals surface area contributed by atoms with E-state index in [1.54, 1.807) is 0 Å². The summed E-state index contributed by atoms with van der Waals surface area (Å²) in [6.07, 6.45) is 0. The van der Waals surface area contributed by atoms with Crippen LogP contribution < -0.4 is 0 Å². The Kier molecular flexibility index (Phi) is 49.0. The van der Waals surface area contributed by atoms with Crippen LogP contribution in [-0.2, 0) is 16.8 Å². The van der Waals surface area contributed by atoms with Gasteiger partial charge in [0.05, 0.1) is 0 Å². The second-order valence-electron chi connectivity index (χ2n) is 0.365. The molecule has 0 saturated heterocycles. The van der Waals surface area contributed by atoms with E-state index in [4.69, 9.17) is 10.2 Å². The van der Waals surface area contributed by atoms with E-state index < -0.39 is 0 Å². The zero-order valence-corrected chi connectivity index (χ0v) is 4.05. The Morgan fingerprint density at radius 1 is 1.50 bits per heavy atom. The van der Waals surface area contributed by atoms with Gasteiger partial charge in [0.25, 0.3) is 0 Å². The molecule has 4 heteroatoms. The van der Waals surface area contributed by atoms with Crippen molar-refractivity contribution in [3.8, 4) is 0 Å². The minimum absolute atomic E-state index is 0. The molecule has 0 unspecified atom stereocenters. The molecule has 0 aromatic carbocycles. The van der Waals surface area contributed by atoms with Gasteiger partial charge in [0.15, 0.2) is 0 Å². The van der Waals surface area contributed by atoms with Gasteiger partial charge >= 0.3 is 0 Å². The molecule has 6 heavy (non-hydrogen) atoms. The van der Waals surface area contributed by atoms with Crippen LogP contribution in [0.4, 0.5) is 0 Å². The normalized spacial score (nSPS) is 5.00. The van der Waals surface area contributed by atoms with E-state index in [-0.39, 0.29) is 28.9 Å². The summed E-state index contributed by atoms with van der Waals surface area (Å²) >= 11 is 0. The van der Waals surface area contributed by atoms with Crippen LogP contribution in [0.25, 0.3) is 0 Å². The number of hydrogen-bond acceptors (Lipinski definition) is 2. The van der Waals surface area contributed by atoms with Gasteiger partial charge in [0.2, 0.25) is 0 Å². The van der Waals surface area contributed by atoms with Crippen LogP contribution in [0.3, 0.4) is 0 Å². The molecule has 0 aliphatic carbocycles. The molecule has 0 aromatic heterocycles. The molecule has 0 aliphatic rings. The van der Waals surface area contributed by atoms with Crippen molar-refractivity contribution in [3.05, 3.63) is 6.61 Å². The third kappa shape index (κ3) is 26.2. The third-order valence-corrected chi connectivity index (χ3v) is 0.0816. The molecule has 0 heterocycles. The molecule has 0 rings (SSSR count). The van der Waals surface area contributed by atoms with Gasteiger partial charge in [-0.2, -0.15) is 6.61 Å². The van der Waals surface area contributed by atoms with E-state index in [2.05, 4.69) is 0 Å². The minimum atomic E-state index is -0.250. The van der Waals surface area contributed by atoms with E-state index in [1.165, 1.54) is 0 Å². The van der Waals surface area contributed by atoms with E-state index in [0.29, 0.717) is 6.61 Å². The molecule has 0 bridgehead atoms. The summed E-state index contributed by atoms with van der Waals surface area (Å²) in [4.78, 5) is 0. The molecule has 43 valence electrons. The molecule has 0 spiro atoms. The number of hydrogen-bond donors (Lipinski definition) is 2. The zero-order chi connectivity index (χ0) is 3.41. The van der Waals surface area contributed by atoms with Gasteiger partial charge in [-0.25, -0.2) is 0 Å². The molecule has 0 aromatic rings. The number of aliphatic hydroxyl groups excluding tert-OH is 2. The van der Waals surface area contributed by atoms with Crippen molar-refractivity contribution in [3.63, 3.8) is 0 Å². The fraction of sp³-hybridized carbons (Fsp3) is 0.500. The van der Waals surface area contributed by atoms with Crippen molar-refractivity contribution in [2.24, 2.45) is 0 Å². The van der Waals surface area contributed by atoms with Crippen LogP contribution in [0.15, 0.2) is 0 Å². The third-order valence-electron chi connectivity index (χ3n) is 0.0816. The van der Waals surface area contributed by atoms with Crippen LogP contribution in [-0.4, -0.2) is 22.3 Å². The molecule has 0 saturated carbocycles. The van der Waals surface area contributed by atoms with Gasteiger partial charge in [-0.1, -0.05) is 6.61 Å². The van der Waals surface area contributed by atoms with Crippen LogP contribution >= 0.6 is 0 Å². The number of aliphatic hydroxyl groups is 2. The standard InChI is InChI=1S/C2H5O2.Co.H2O/c3-1-2-4;;/h1,3-4H,2H2;;1H2/q-1;;. The van der Waals surface area contributed by atoms with Crippen LogP contribution in [0.2, 0.25) is 0 Å². The summed E-state index contributed by atoms with van der Waals surface area (Å²) in [7, 11) is 0. The Bertz CT molecular complexity index is 10.8. The van der Waals surface area contributed by atoms with Gasteiger partial charge < -0.3 is 15.7 Å². The Labute approximate surface area is 46.5 Å². The first-order chi connectivity index (χ1) is 1.91. The van der Waals surface area contributed by atoms with E-state index >= 15 is 0 Å². The molecular weight excluding hydrogens is 131 g/mol. The van der Waals surface area contributed by atoms with E-state index in [9.17, 15) is 0 Å². The summed E-state index contributed by atoms with van der Waals surface area (Å²) < 4.78 is 0. The monoisotopic (exact) mass is 138 g/mol. The van der Waals surface area contributed by atoms with Crippen molar-refractivity contribution in [2.75, 3.05) is 6.61 Å². The van der Waals surface area contributed by atoms with Crippen LogP contribution in [0.1, 0.15) is 0 Å². The largest absolute Gasteiger partial charge is 0.564 e. The fourth-order valence-electron chi connectivity index (χ4n) is 0. The molecular formula is C2H7CoO3-. The second-order valence-corrected chi connectivity index (χ2v) is 0.365. The topological polar surface area (TPSA) is 72.0 Å². The first-order valence-corrected chi connectivity index (χ1v) is 0.983. The molecule has 0 aliphatic heterocycles. The van der Waals surface area contributed by atoms with Gasteiger partial charge in [-0.3, -0.25) is 0 Å². The molecule has 0 fully saturated rings. The summed E-state index contributed by atoms with van der Waals surface area (Å²) in [5.41, 5.74) is 0. The van der Waals surface area contributed by atoms with Crippen molar-refractivity contribution in [1.82, 2.24) is 0 Å². The second kappa shape index (κ2) is 18.2. The maximum atomic E-state index is 7.57. The Hall–Kier alpha value is 0.386. The van der Waals surface area contributed by atoms with Crippen molar-refractivity contribution in [2.45, 2.75) is 0 Å². The molecule has 4 N–H and O–H groups in total. The SMILES string of the molecule is O.O[CH-]CO.[Co]. The van der Waals surface area contributed by atoms with Gasteiger partial charge in [0.1, 0.15) is 0 Å². The summed E-state index contributed by atoms with van der Waals surface area (Å²) in [5.74, 6) is 0. The van der Waals surface area contributed by atoms with Gasteiger partial charge in [0, 0.05) is 16.8 Å². The predicted molar refractivity (Wildman–Crippen MR) is 16.9 cm³/mol. The number of rotatable bonds is 1. The molecule has 0 atom stereocenters. The minimum Gasteiger partial charge on any atom is -0.564 e. The predicted octanol–water partition coefficient (Wildman–Crippen LogP) is -1.31. The Morgan fingerprint density at radius 2 is 1.67 bits per heavy atom. The molecule has 1 radical (unpaired) electrons. The summed E-state index contributed by atoms with van der Waals surface area (Å²) in [6, 6.07) is 0. The van der Waals surface area contributed by atoms with Crippen LogP contribution in [0.5, 0.6) is 0 Å².